The molecule has 0 fully saturated rings. The van der Waals surface area contributed by atoms with Crippen LogP contribution in [0.15, 0.2) is 59.3 Å². The van der Waals surface area contributed by atoms with Crippen LogP contribution in [0.4, 0.5) is 5.69 Å². The van der Waals surface area contributed by atoms with E-state index in [4.69, 9.17) is 39.5 Å². The van der Waals surface area contributed by atoms with Gasteiger partial charge in [0.1, 0.15) is 0 Å². The van der Waals surface area contributed by atoms with Crippen LogP contribution in [-0.2, 0) is 14.3 Å². The number of anilines is 1. The lowest BCUT2D eigenvalue weighted by Crippen LogP contribution is -2.24. The molecular weight excluding hydrogens is 409 g/mol. The Kier molecular flexibility index (Phi) is 5.61. The maximum absolute atomic E-state index is 13.2. The van der Waals surface area contributed by atoms with Gasteiger partial charge in [-0.1, -0.05) is 53.0 Å². The summed E-state index contributed by atoms with van der Waals surface area (Å²) in [5.74, 6) is -1.02. The molecule has 2 aromatic carbocycles. The smallest absolute Gasteiger partial charge is 0.340 e. The Labute approximate surface area is 171 Å². The second-order valence-corrected chi connectivity index (χ2v) is 7.02. The van der Waals surface area contributed by atoms with Gasteiger partial charge >= 0.3 is 5.97 Å². The third-order valence-electron chi connectivity index (χ3n) is 4.15. The number of carbonyl (C=O) groups is 2. The number of ether oxygens (including phenoxy) is 1. The van der Waals surface area contributed by atoms with Crippen molar-refractivity contribution in [2.45, 2.75) is 6.92 Å². The van der Waals surface area contributed by atoms with Crippen molar-refractivity contribution >= 4 is 58.4 Å². The van der Waals surface area contributed by atoms with Crippen molar-refractivity contribution in [1.82, 2.24) is 0 Å². The number of methoxy groups -OCH3 is 1. The number of rotatable bonds is 3. The quantitative estimate of drug-likeness (QED) is 0.483. The number of hydrogen-bond donors (Lipinski definition) is 0. The van der Waals surface area contributed by atoms with Crippen molar-refractivity contribution in [3.05, 3.63) is 79.9 Å². The predicted molar refractivity (Wildman–Crippen MR) is 108 cm³/mol. The molecule has 0 bridgehead atoms. The fraction of sp³-hybridized carbons (Fsp3) is 0.100. The number of para-hydroxylation sites is 1. The average Bonchev–Trinajstić information content (AvgIpc) is 2.87. The second kappa shape index (κ2) is 7.77. The lowest BCUT2D eigenvalue weighted by Gasteiger charge is -2.19. The zero-order chi connectivity index (χ0) is 19.7. The molecule has 0 saturated carbocycles. The van der Waals surface area contributed by atoms with E-state index in [2.05, 4.69) is 0 Å². The van der Waals surface area contributed by atoms with Gasteiger partial charge in [-0.2, -0.15) is 0 Å². The number of hydrogen-bond acceptors (Lipinski definition) is 3. The van der Waals surface area contributed by atoms with E-state index in [1.165, 1.54) is 12.0 Å². The number of halogens is 3. The Hall–Kier alpha value is -2.27. The molecule has 3 rings (SSSR count). The van der Waals surface area contributed by atoms with Gasteiger partial charge in [-0.15, -0.1) is 0 Å². The number of nitrogens with zero attached hydrogens (tertiary/aromatic N) is 1. The van der Waals surface area contributed by atoms with Crippen LogP contribution in [0.5, 0.6) is 0 Å². The Balaban J connectivity index is 2.19. The van der Waals surface area contributed by atoms with Gasteiger partial charge in [0.2, 0.25) is 0 Å². The van der Waals surface area contributed by atoms with E-state index in [1.807, 2.05) is 0 Å². The average molecular weight is 423 g/mol. The molecule has 1 amide bonds. The number of allylic oxidation sites excluding steroid dienone is 1. The van der Waals surface area contributed by atoms with Crippen molar-refractivity contribution in [2.75, 3.05) is 12.0 Å². The molecule has 7 heteroatoms. The van der Waals surface area contributed by atoms with Crippen LogP contribution in [0.1, 0.15) is 12.5 Å². The zero-order valence-electron chi connectivity index (χ0n) is 14.4. The van der Waals surface area contributed by atoms with Crippen LogP contribution >= 0.6 is 34.8 Å². The molecule has 1 aliphatic rings. The minimum atomic E-state index is -0.619. The van der Waals surface area contributed by atoms with E-state index in [-0.39, 0.29) is 11.1 Å². The van der Waals surface area contributed by atoms with Crippen LogP contribution in [0.2, 0.25) is 15.1 Å². The van der Waals surface area contributed by atoms with Gasteiger partial charge < -0.3 is 4.74 Å². The zero-order valence-corrected chi connectivity index (χ0v) is 16.7. The maximum Gasteiger partial charge on any atom is 0.340 e. The molecule has 0 unspecified atom stereocenters. The fourth-order valence-corrected chi connectivity index (χ4v) is 3.56. The van der Waals surface area contributed by atoms with Gasteiger partial charge in [0, 0.05) is 15.7 Å². The number of amides is 1. The summed E-state index contributed by atoms with van der Waals surface area (Å²) in [6, 6.07) is 11.8. The Morgan fingerprint density at radius 1 is 1.07 bits per heavy atom. The Morgan fingerprint density at radius 3 is 2.41 bits per heavy atom. The molecule has 0 aromatic heterocycles. The van der Waals surface area contributed by atoms with Crippen LogP contribution in [0, 0.1) is 0 Å². The summed E-state index contributed by atoms with van der Waals surface area (Å²) in [6.07, 6.45) is 1.55. The van der Waals surface area contributed by atoms with E-state index < -0.39 is 11.9 Å². The van der Waals surface area contributed by atoms with Gasteiger partial charge in [0.25, 0.3) is 5.91 Å². The summed E-state index contributed by atoms with van der Waals surface area (Å²) in [4.78, 5) is 26.9. The molecular formula is C20H14Cl3NO3. The van der Waals surface area contributed by atoms with Crippen LogP contribution in [0.3, 0.4) is 0 Å². The third kappa shape index (κ3) is 3.61. The highest BCUT2D eigenvalue weighted by Gasteiger charge is 2.38. The molecule has 4 nitrogen and oxygen atoms in total. The fourth-order valence-electron chi connectivity index (χ4n) is 2.88. The molecule has 1 aliphatic heterocycles. The highest BCUT2D eigenvalue weighted by molar-refractivity contribution is 6.36. The number of benzene rings is 2. The topological polar surface area (TPSA) is 46.6 Å². The number of carbonyl (C=O) groups excluding carboxylic acids is 2. The van der Waals surface area contributed by atoms with Crippen molar-refractivity contribution in [3.63, 3.8) is 0 Å². The molecule has 0 atom stereocenters. The van der Waals surface area contributed by atoms with Crippen molar-refractivity contribution in [1.29, 1.82) is 0 Å². The molecule has 27 heavy (non-hydrogen) atoms. The van der Waals surface area contributed by atoms with Gasteiger partial charge in [0.05, 0.1) is 29.0 Å². The van der Waals surface area contributed by atoms with Gasteiger partial charge in [-0.05, 0) is 42.8 Å². The van der Waals surface area contributed by atoms with E-state index in [0.29, 0.717) is 32.0 Å². The largest absolute Gasteiger partial charge is 0.465 e. The van der Waals surface area contributed by atoms with Gasteiger partial charge in [-0.3, -0.25) is 9.69 Å². The second-order valence-electron chi connectivity index (χ2n) is 5.77. The highest BCUT2D eigenvalue weighted by atomic mass is 35.5. The monoisotopic (exact) mass is 421 g/mol. The van der Waals surface area contributed by atoms with Crippen molar-refractivity contribution in [2.24, 2.45) is 0 Å². The standard InChI is InChI=1S/C20H14Cl3NO3/c1-11-18(20(26)27-2)14(9-12-7-8-13(21)10-16(12)23)19(25)24(11)17-6-4-3-5-15(17)22/h3-10H,1-2H3/b14-9-. The maximum atomic E-state index is 13.2. The lowest BCUT2D eigenvalue weighted by atomic mass is 10.0. The molecule has 0 spiro atoms. The summed E-state index contributed by atoms with van der Waals surface area (Å²) in [5.41, 5.74) is 1.79. The molecule has 0 saturated heterocycles. The van der Waals surface area contributed by atoms with Gasteiger partial charge in [-0.25, -0.2) is 4.79 Å². The van der Waals surface area contributed by atoms with Crippen molar-refractivity contribution < 1.29 is 14.3 Å². The van der Waals surface area contributed by atoms with Crippen molar-refractivity contribution in [3.8, 4) is 0 Å². The minimum absolute atomic E-state index is 0.161. The SMILES string of the molecule is COC(=O)C1=C(C)N(c2ccccc2Cl)C(=O)/C1=C\c1ccc(Cl)cc1Cl. The van der Waals surface area contributed by atoms with Crippen LogP contribution < -0.4 is 4.90 Å². The molecule has 138 valence electrons. The lowest BCUT2D eigenvalue weighted by molar-refractivity contribution is -0.136. The van der Waals surface area contributed by atoms with E-state index in [9.17, 15) is 9.59 Å². The summed E-state index contributed by atoms with van der Waals surface area (Å²) in [5, 5.41) is 1.22. The van der Waals surface area contributed by atoms with E-state index in [1.54, 1.807) is 55.5 Å². The van der Waals surface area contributed by atoms with Crippen LogP contribution in [0.25, 0.3) is 6.08 Å². The first-order valence-electron chi connectivity index (χ1n) is 7.90. The first-order valence-corrected chi connectivity index (χ1v) is 9.04. The summed E-state index contributed by atoms with van der Waals surface area (Å²) in [6.45, 7) is 1.66. The van der Waals surface area contributed by atoms with Gasteiger partial charge in [0.15, 0.2) is 0 Å². The summed E-state index contributed by atoms with van der Waals surface area (Å²) >= 11 is 18.4. The normalized spacial score (nSPS) is 15.7. The molecule has 0 aliphatic carbocycles. The summed E-state index contributed by atoms with van der Waals surface area (Å²) in [7, 11) is 1.26. The van der Waals surface area contributed by atoms with E-state index >= 15 is 0 Å². The van der Waals surface area contributed by atoms with Crippen LogP contribution in [-0.4, -0.2) is 19.0 Å². The molecule has 0 N–H and O–H groups in total. The molecule has 2 aromatic rings. The highest BCUT2D eigenvalue weighted by Crippen LogP contribution is 2.39. The minimum Gasteiger partial charge on any atom is -0.465 e. The first kappa shape index (κ1) is 19.5. The molecule has 0 radical (unpaired) electrons. The predicted octanol–water partition coefficient (Wildman–Crippen LogP) is 5.52. The number of esters is 1. The third-order valence-corrected chi connectivity index (χ3v) is 5.03. The first-order chi connectivity index (χ1) is 12.8. The van der Waals surface area contributed by atoms with E-state index in [0.717, 1.165) is 0 Å². The Morgan fingerprint density at radius 2 is 1.78 bits per heavy atom. The molecule has 1 heterocycles. The summed E-state index contributed by atoms with van der Waals surface area (Å²) < 4.78 is 4.88. The Bertz CT molecular complexity index is 1010.